The van der Waals surface area contributed by atoms with E-state index in [9.17, 15) is 0 Å². The summed E-state index contributed by atoms with van der Waals surface area (Å²) in [6.45, 7) is 4.11. The molecule has 0 aromatic carbocycles. The molecular formula is C16H20N4. The molecule has 4 nitrogen and oxygen atoms in total. The first kappa shape index (κ1) is 13.2. The Labute approximate surface area is 119 Å². The topological polar surface area (TPSA) is 50.7 Å². The highest BCUT2D eigenvalue weighted by Gasteiger charge is 2.21. The van der Waals surface area contributed by atoms with E-state index < -0.39 is 0 Å². The van der Waals surface area contributed by atoms with E-state index in [1.807, 2.05) is 19.4 Å². The van der Waals surface area contributed by atoms with Crippen molar-refractivity contribution in [2.45, 2.75) is 39.2 Å². The van der Waals surface area contributed by atoms with E-state index in [0.717, 1.165) is 29.9 Å². The van der Waals surface area contributed by atoms with E-state index in [1.54, 1.807) is 0 Å². The Morgan fingerprint density at radius 2 is 2.05 bits per heavy atom. The van der Waals surface area contributed by atoms with Crippen molar-refractivity contribution < 1.29 is 0 Å². The van der Waals surface area contributed by atoms with E-state index in [2.05, 4.69) is 35.2 Å². The van der Waals surface area contributed by atoms with Crippen LogP contribution < -0.4 is 5.32 Å². The number of aryl methyl sites for hydroxylation is 3. The van der Waals surface area contributed by atoms with Gasteiger partial charge in [-0.15, -0.1) is 0 Å². The summed E-state index contributed by atoms with van der Waals surface area (Å²) in [4.78, 5) is 13.8. The van der Waals surface area contributed by atoms with Gasteiger partial charge in [-0.25, -0.2) is 9.97 Å². The molecule has 1 atom stereocenters. The molecule has 1 aliphatic rings. The highest BCUT2D eigenvalue weighted by atomic mass is 14.9. The third-order valence-corrected chi connectivity index (χ3v) is 3.96. The van der Waals surface area contributed by atoms with Gasteiger partial charge in [0.15, 0.2) is 5.82 Å². The molecule has 3 rings (SSSR count). The van der Waals surface area contributed by atoms with Crippen LogP contribution in [0.3, 0.4) is 0 Å². The molecule has 0 bridgehead atoms. The molecule has 0 radical (unpaired) electrons. The zero-order valence-electron chi connectivity index (χ0n) is 12.3. The highest BCUT2D eigenvalue weighted by molar-refractivity contribution is 5.55. The van der Waals surface area contributed by atoms with Gasteiger partial charge in [-0.1, -0.05) is 6.07 Å². The van der Waals surface area contributed by atoms with Gasteiger partial charge in [-0.05, 0) is 51.3 Å². The smallest absolute Gasteiger partial charge is 0.178 e. The quantitative estimate of drug-likeness (QED) is 0.910. The normalized spacial score (nSPS) is 17.9. The first-order valence-corrected chi connectivity index (χ1v) is 7.15. The van der Waals surface area contributed by atoms with Gasteiger partial charge in [-0.2, -0.15) is 0 Å². The van der Waals surface area contributed by atoms with Gasteiger partial charge in [0.25, 0.3) is 0 Å². The molecule has 0 aliphatic heterocycles. The van der Waals surface area contributed by atoms with Gasteiger partial charge in [0.2, 0.25) is 0 Å². The molecule has 104 valence electrons. The van der Waals surface area contributed by atoms with Crippen molar-refractivity contribution in [1.82, 2.24) is 20.3 Å². The lowest BCUT2D eigenvalue weighted by Gasteiger charge is -2.24. The predicted molar refractivity (Wildman–Crippen MR) is 79.5 cm³/mol. The fourth-order valence-corrected chi connectivity index (χ4v) is 2.91. The Bertz CT molecular complexity index is 636. The summed E-state index contributed by atoms with van der Waals surface area (Å²) in [5.41, 5.74) is 5.60. The largest absolute Gasteiger partial charge is 0.313 e. The SMILES string of the molecule is CNC1CCCc2nc(-c3ncc(C)cc3C)ncc21. The Morgan fingerprint density at radius 3 is 2.80 bits per heavy atom. The molecule has 0 saturated heterocycles. The van der Waals surface area contributed by atoms with Crippen LogP contribution in [0.4, 0.5) is 0 Å². The molecule has 2 heterocycles. The van der Waals surface area contributed by atoms with Gasteiger partial charge in [0, 0.05) is 29.7 Å². The lowest BCUT2D eigenvalue weighted by molar-refractivity contribution is 0.487. The van der Waals surface area contributed by atoms with Gasteiger partial charge < -0.3 is 5.32 Å². The average Bonchev–Trinajstić information content (AvgIpc) is 2.46. The molecule has 0 fully saturated rings. The fourth-order valence-electron chi connectivity index (χ4n) is 2.91. The maximum atomic E-state index is 4.76. The maximum absolute atomic E-state index is 4.76. The number of pyridine rings is 1. The number of fused-ring (bicyclic) bond motifs is 1. The Hall–Kier alpha value is -1.81. The molecule has 0 spiro atoms. The molecule has 0 saturated carbocycles. The average molecular weight is 268 g/mol. The second kappa shape index (κ2) is 5.29. The maximum Gasteiger partial charge on any atom is 0.178 e. The van der Waals surface area contributed by atoms with Crippen molar-refractivity contribution in [3.8, 4) is 11.5 Å². The van der Waals surface area contributed by atoms with Crippen molar-refractivity contribution in [2.24, 2.45) is 0 Å². The van der Waals surface area contributed by atoms with E-state index in [4.69, 9.17) is 4.98 Å². The molecule has 0 amide bonds. The zero-order chi connectivity index (χ0) is 14.1. The van der Waals surface area contributed by atoms with E-state index >= 15 is 0 Å². The number of hydrogen-bond acceptors (Lipinski definition) is 4. The number of nitrogens with zero attached hydrogens (tertiary/aromatic N) is 3. The zero-order valence-corrected chi connectivity index (χ0v) is 12.3. The summed E-state index contributed by atoms with van der Waals surface area (Å²) in [6.07, 6.45) is 7.22. The summed E-state index contributed by atoms with van der Waals surface area (Å²) in [6, 6.07) is 2.52. The molecule has 2 aromatic heterocycles. The van der Waals surface area contributed by atoms with E-state index in [1.165, 1.54) is 23.2 Å². The van der Waals surface area contributed by atoms with Crippen molar-refractivity contribution in [2.75, 3.05) is 7.05 Å². The minimum Gasteiger partial charge on any atom is -0.313 e. The van der Waals surface area contributed by atoms with Gasteiger partial charge in [0.1, 0.15) is 5.69 Å². The number of nitrogens with one attached hydrogen (secondary N) is 1. The summed E-state index contributed by atoms with van der Waals surface area (Å²) < 4.78 is 0. The molecule has 20 heavy (non-hydrogen) atoms. The second-order valence-corrected chi connectivity index (χ2v) is 5.51. The van der Waals surface area contributed by atoms with Crippen LogP contribution in [0.1, 0.15) is 41.3 Å². The second-order valence-electron chi connectivity index (χ2n) is 5.51. The first-order chi connectivity index (χ1) is 9.69. The summed E-state index contributed by atoms with van der Waals surface area (Å²) >= 11 is 0. The van der Waals surface area contributed by atoms with Crippen LogP contribution in [0.15, 0.2) is 18.5 Å². The molecule has 1 aliphatic carbocycles. The summed E-state index contributed by atoms with van der Waals surface area (Å²) in [5.74, 6) is 0.748. The minimum atomic E-state index is 0.389. The van der Waals surface area contributed by atoms with Gasteiger partial charge in [0.05, 0.1) is 0 Å². The number of rotatable bonds is 2. The van der Waals surface area contributed by atoms with E-state index in [-0.39, 0.29) is 0 Å². The minimum absolute atomic E-state index is 0.389. The van der Waals surface area contributed by atoms with Crippen molar-refractivity contribution >= 4 is 0 Å². The molecule has 1 unspecified atom stereocenters. The van der Waals surface area contributed by atoms with Crippen LogP contribution in [0.25, 0.3) is 11.5 Å². The molecular weight excluding hydrogens is 248 g/mol. The van der Waals surface area contributed by atoms with Crippen LogP contribution in [-0.4, -0.2) is 22.0 Å². The lowest BCUT2D eigenvalue weighted by atomic mass is 9.92. The van der Waals surface area contributed by atoms with E-state index in [0.29, 0.717) is 6.04 Å². The number of aromatic nitrogens is 3. The third-order valence-electron chi connectivity index (χ3n) is 3.96. The molecule has 4 heteroatoms. The fraction of sp³-hybridized carbons (Fsp3) is 0.438. The first-order valence-electron chi connectivity index (χ1n) is 7.15. The molecule has 1 N–H and O–H groups in total. The standard InChI is InChI=1S/C16H20N4/c1-10-7-11(2)15(18-8-10)16-19-9-12-13(17-3)5-4-6-14(12)20-16/h7-9,13,17H,4-6H2,1-3H3. The van der Waals surface area contributed by atoms with Gasteiger partial charge in [-0.3, -0.25) is 4.98 Å². The predicted octanol–water partition coefficient (Wildman–Crippen LogP) is 2.75. The van der Waals surface area contributed by atoms with Crippen LogP contribution >= 0.6 is 0 Å². The highest BCUT2D eigenvalue weighted by Crippen LogP contribution is 2.29. The van der Waals surface area contributed by atoms with Gasteiger partial charge >= 0.3 is 0 Å². The Kier molecular flexibility index (Phi) is 3.49. The monoisotopic (exact) mass is 268 g/mol. The van der Waals surface area contributed by atoms with Crippen molar-refractivity contribution in [1.29, 1.82) is 0 Å². The Morgan fingerprint density at radius 1 is 1.20 bits per heavy atom. The number of hydrogen-bond donors (Lipinski definition) is 1. The third kappa shape index (κ3) is 2.31. The van der Waals surface area contributed by atoms with Crippen LogP contribution in [0.5, 0.6) is 0 Å². The van der Waals surface area contributed by atoms with Crippen LogP contribution in [0, 0.1) is 13.8 Å². The van der Waals surface area contributed by atoms with Crippen molar-refractivity contribution in [3.63, 3.8) is 0 Å². The van der Waals surface area contributed by atoms with Crippen LogP contribution in [0.2, 0.25) is 0 Å². The summed E-state index contributed by atoms with van der Waals surface area (Å²) in [7, 11) is 2.00. The lowest BCUT2D eigenvalue weighted by Crippen LogP contribution is -2.23. The molecule has 2 aromatic rings. The Balaban J connectivity index is 2.04. The van der Waals surface area contributed by atoms with Crippen molar-refractivity contribution in [3.05, 3.63) is 40.8 Å². The summed E-state index contributed by atoms with van der Waals surface area (Å²) in [5, 5.41) is 3.34. The van der Waals surface area contributed by atoms with Crippen LogP contribution in [-0.2, 0) is 6.42 Å².